The van der Waals surface area contributed by atoms with E-state index in [2.05, 4.69) is 13.8 Å². The maximum Gasteiger partial charge on any atom is 0.0185 e. The molecule has 0 bridgehead atoms. The summed E-state index contributed by atoms with van der Waals surface area (Å²) in [7, 11) is 0. The molecule has 0 aromatic rings. The Hall–Kier alpha value is -0.0400. The third kappa shape index (κ3) is 1.63. The fourth-order valence-corrected chi connectivity index (χ4v) is 3.29. The van der Waals surface area contributed by atoms with Crippen LogP contribution in [0.2, 0.25) is 0 Å². The highest BCUT2D eigenvalue weighted by atomic mass is 14.8. The van der Waals surface area contributed by atoms with Gasteiger partial charge < -0.3 is 5.73 Å². The van der Waals surface area contributed by atoms with Crippen LogP contribution >= 0.6 is 0 Å². The van der Waals surface area contributed by atoms with Crippen molar-refractivity contribution in [2.24, 2.45) is 17.1 Å². The highest BCUT2D eigenvalue weighted by Gasteiger charge is 2.44. The lowest BCUT2D eigenvalue weighted by atomic mass is 9.62. The van der Waals surface area contributed by atoms with Crippen molar-refractivity contribution in [3.8, 4) is 0 Å². The van der Waals surface area contributed by atoms with Gasteiger partial charge in [-0.05, 0) is 43.4 Å². The van der Waals surface area contributed by atoms with Crippen molar-refractivity contribution in [2.45, 2.75) is 64.3 Å². The molecule has 1 heteroatoms. The van der Waals surface area contributed by atoms with Crippen molar-refractivity contribution in [2.75, 3.05) is 0 Å². The first-order chi connectivity index (χ1) is 6.04. The van der Waals surface area contributed by atoms with E-state index in [1.54, 1.807) is 0 Å². The third-order valence-corrected chi connectivity index (χ3v) is 4.58. The highest BCUT2D eigenvalue weighted by Crippen LogP contribution is 2.50. The summed E-state index contributed by atoms with van der Waals surface area (Å²) in [5.74, 6) is 0.755. The fraction of sp³-hybridized carbons (Fsp3) is 1.00. The van der Waals surface area contributed by atoms with Gasteiger partial charge in [-0.15, -0.1) is 0 Å². The van der Waals surface area contributed by atoms with Gasteiger partial charge in [-0.25, -0.2) is 0 Å². The summed E-state index contributed by atoms with van der Waals surface area (Å²) in [4.78, 5) is 0. The molecule has 0 aliphatic heterocycles. The molecule has 2 fully saturated rings. The maximum atomic E-state index is 6.50. The van der Waals surface area contributed by atoms with Gasteiger partial charge in [-0.2, -0.15) is 0 Å². The van der Waals surface area contributed by atoms with E-state index in [0.717, 1.165) is 5.92 Å². The molecule has 76 valence electrons. The van der Waals surface area contributed by atoms with E-state index in [0.29, 0.717) is 5.41 Å². The van der Waals surface area contributed by atoms with Crippen LogP contribution in [0.5, 0.6) is 0 Å². The molecular formula is C12H23N. The summed E-state index contributed by atoms with van der Waals surface area (Å²) in [5.41, 5.74) is 7.29. The van der Waals surface area contributed by atoms with E-state index in [1.165, 1.54) is 44.9 Å². The lowest BCUT2D eigenvalue weighted by Gasteiger charge is -2.45. The number of hydrogen-bond donors (Lipinski definition) is 1. The molecular weight excluding hydrogens is 158 g/mol. The van der Waals surface area contributed by atoms with Crippen LogP contribution in [-0.2, 0) is 0 Å². The molecule has 0 saturated heterocycles. The number of rotatable bonds is 2. The van der Waals surface area contributed by atoms with E-state index >= 15 is 0 Å². The first-order valence-electron chi connectivity index (χ1n) is 5.83. The van der Waals surface area contributed by atoms with Crippen LogP contribution in [0, 0.1) is 11.3 Å². The molecule has 0 radical (unpaired) electrons. The first kappa shape index (κ1) is 9.51. The van der Waals surface area contributed by atoms with Crippen LogP contribution in [0.1, 0.15) is 58.8 Å². The Balaban J connectivity index is 1.99. The molecule has 13 heavy (non-hydrogen) atoms. The molecule has 2 atom stereocenters. The van der Waals surface area contributed by atoms with Gasteiger partial charge in [0.1, 0.15) is 0 Å². The van der Waals surface area contributed by atoms with Crippen LogP contribution in [0.25, 0.3) is 0 Å². The second-order valence-electron chi connectivity index (χ2n) is 5.87. The Labute approximate surface area is 82.1 Å². The highest BCUT2D eigenvalue weighted by molar-refractivity contribution is 5.00. The molecule has 0 aromatic carbocycles. The lowest BCUT2D eigenvalue weighted by molar-refractivity contribution is 0.0911. The van der Waals surface area contributed by atoms with E-state index in [1.807, 2.05) is 0 Å². The standard InChI is InChI=1S/C12H23N/c1-10-5-3-8-12(10,13)9-11(2)6-4-7-11/h10H,3-9,13H2,1-2H3. The molecule has 0 spiro atoms. The zero-order chi connectivity index (χ0) is 9.53. The van der Waals surface area contributed by atoms with Gasteiger partial charge >= 0.3 is 0 Å². The average Bonchev–Trinajstić information content (AvgIpc) is 2.29. The molecule has 1 nitrogen and oxygen atoms in total. The predicted octanol–water partition coefficient (Wildman–Crippen LogP) is 3.08. The van der Waals surface area contributed by atoms with Gasteiger partial charge in [0.2, 0.25) is 0 Å². The molecule has 2 aliphatic carbocycles. The largest absolute Gasteiger partial charge is 0.325 e. The Morgan fingerprint density at radius 3 is 2.31 bits per heavy atom. The topological polar surface area (TPSA) is 26.0 Å². The minimum atomic E-state index is 0.190. The van der Waals surface area contributed by atoms with E-state index in [-0.39, 0.29) is 5.54 Å². The summed E-state index contributed by atoms with van der Waals surface area (Å²) >= 11 is 0. The van der Waals surface area contributed by atoms with E-state index in [9.17, 15) is 0 Å². The fourth-order valence-electron chi connectivity index (χ4n) is 3.29. The normalized spacial score (nSPS) is 43.2. The van der Waals surface area contributed by atoms with Crippen LogP contribution in [0.15, 0.2) is 0 Å². The lowest BCUT2D eigenvalue weighted by Crippen LogP contribution is -2.48. The Bertz CT molecular complexity index is 195. The maximum absolute atomic E-state index is 6.50. The Morgan fingerprint density at radius 1 is 1.23 bits per heavy atom. The molecule has 0 amide bonds. The first-order valence-corrected chi connectivity index (χ1v) is 5.83. The van der Waals surface area contributed by atoms with Gasteiger partial charge in [0.25, 0.3) is 0 Å². The van der Waals surface area contributed by atoms with Crippen molar-refractivity contribution in [1.29, 1.82) is 0 Å². The Kier molecular flexibility index (Phi) is 2.18. The van der Waals surface area contributed by atoms with Crippen molar-refractivity contribution < 1.29 is 0 Å². The summed E-state index contributed by atoms with van der Waals surface area (Å²) in [6.45, 7) is 4.77. The summed E-state index contributed by atoms with van der Waals surface area (Å²) in [6.07, 6.45) is 9.52. The van der Waals surface area contributed by atoms with Crippen molar-refractivity contribution in [3.05, 3.63) is 0 Å². The van der Waals surface area contributed by atoms with Gasteiger partial charge in [0, 0.05) is 5.54 Å². The quantitative estimate of drug-likeness (QED) is 0.696. The molecule has 2 unspecified atom stereocenters. The summed E-state index contributed by atoms with van der Waals surface area (Å²) in [6, 6.07) is 0. The zero-order valence-corrected chi connectivity index (χ0v) is 9.10. The molecule has 0 aromatic heterocycles. The predicted molar refractivity (Wildman–Crippen MR) is 56.5 cm³/mol. The molecule has 2 saturated carbocycles. The summed E-state index contributed by atoms with van der Waals surface area (Å²) < 4.78 is 0. The second kappa shape index (κ2) is 2.98. The number of hydrogen-bond acceptors (Lipinski definition) is 1. The van der Waals surface area contributed by atoms with E-state index < -0.39 is 0 Å². The zero-order valence-electron chi connectivity index (χ0n) is 9.10. The second-order valence-corrected chi connectivity index (χ2v) is 5.87. The molecule has 2 aliphatic rings. The van der Waals surface area contributed by atoms with Crippen molar-refractivity contribution in [1.82, 2.24) is 0 Å². The minimum absolute atomic E-state index is 0.190. The van der Waals surface area contributed by atoms with Gasteiger partial charge in [0.15, 0.2) is 0 Å². The van der Waals surface area contributed by atoms with Crippen molar-refractivity contribution >= 4 is 0 Å². The summed E-state index contributed by atoms with van der Waals surface area (Å²) in [5, 5.41) is 0. The van der Waals surface area contributed by atoms with Crippen molar-refractivity contribution in [3.63, 3.8) is 0 Å². The van der Waals surface area contributed by atoms with Crippen LogP contribution in [-0.4, -0.2) is 5.54 Å². The SMILES string of the molecule is CC1CCCC1(N)CC1(C)CCC1. The molecule has 2 rings (SSSR count). The number of nitrogens with two attached hydrogens (primary N) is 1. The van der Waals surface area contributed by atoms with Gasteiger partial charge in [-0.1, -0.05) is 26.7 Å². The van der Waals surface area contributed by atoms with Gasteiger partial charge in [0.05, 0.1) is 0 Å². The van der Waals surface area contributed by atoms with Crippen LogP contribution in [0.4, 0.5) is 0 Å². The molecule has 2 N–H and O–H groups in total. The van der Waals surface area contributed by atoms with Crippen LogP contribution < -0.4 is 5.73 Å². The molecule has 0 heterocycles. The Morgan fingerprint density at radius 2 is 1.92 bits per heavy atom. The van der Waals surface area contributed by atoms with Gasteiger partial charge in [-0.3, -0.25) is 0 Å². The smallest absolute Gasteiger partial charge is 0.0185 e. The average molecular weight is 181 g/mol. The third-order valence-electron chi connectivity index (χ3n) is 4.58. The minimum Gasteiger partial charge on any atom is -0.325 e. The van der Waals surface area contributed by atoms with Crippen LogP contribution in [0.3, 0.4) is 0 Å². The van der Waals surface area contributed by atoms with E-state index in [4.69, 9.17) is 5.73 Å². The monoisotopic (exact) mass is 181 g/mol.